The molecule has 0 saturated carbocycles. The summed E-state index contributed by atoms with van der Waals surface area (Å²) in [6.07, 6.45) is 1.91. The molecule has 1 heterocycles. The van der Waals surface area contributed by atoms with E-state index in [0.29, 0.717) is 19.8 Å². The highest BCUT2D eigenvalue weighted by atomic mass is 127. The second-order valence-electron chi connectivity index (χ2n) is 6.09. The van der Waals surface area contributed by atoms with Gasteiger partial charge in [0.2, 0.25) is 0 Å². The zero-order valence-electron chi connectivity index (χ0n) is 16.8. The third-order valence-electron chi connectivity index (χ3n) is 4.33. The summed E-state index contributed by atoms with van der Waals surface area (Å²) in [5, 5.41) is 11.3. The normalized spacial score (nSPS) is 11.2. The maximum Gasteiger partial charge on any atom is 0.191 e. The van der Waals surface area contributed by atoms with Gasteiger partial charge in [0, 0.05) is 38.4 Å². The van der Waals surface area contributed by atoms with E-state index in [9.17, 15) is 0 Å². The Hall–Kier alpha value is -1.61. The minimum atomic E-state index is 0. The average Bonchev–Trinajstić information content (AvgIpc) is 2.99. The summed E-state index contributed by atoms with van der Waals surface area (Å²) >= 11 is 0. The van der Waals surface area contributed by atoms with Crippen LogP contribution in [0.5, 0.6) is 0 Å². The lowest BCUT2D eigenvalue weighted by Crippen LogP contribution is -2.38. The van der Waals surface area contributed by atoms with Crippen LogP contribution in [0.3, 0.4) is 0 Å². The number of halogens is 1. The highest BCUT2D eigenvalue weighted by molar-refractivity contribution is 14.0. The number of hydrogen-bond acceptors (Lipinski definition) is 3. The first kappa shape index (κ1) is 23.4. The van der Waals surface area contributed by atoms with Crippen LogP contribution in [0.4, 0.5) is 0 Å². The van der Waals surface area contributed by atoms with Gasteiger partial charge >= 0.3 is 0 Å². The molecule has 2 N–H and O–H groups in total. The van der Waals surface area contributed by atoms with Crippen molar-refractivity contribution in [2.24, 2.45) is 12.0 Å². The van der Waals surface area contributed by atoms with E-state index in [1.165, 1.54) is 16.8 Å². The largest absolute Gasteiger partial charge is 0.375 e. The second-order valence-corrected chi connectivity index (χ2v) is 6.09. The van der Waals surface area contributed by atoms with E-state index in [1.54, 1.807) is 7.05 Å². The molecule has 0 saturated heterocycles. The number of aryl methyl sites for hydroxylation is 2. The maximum absolute atomic E-state index is 5.70. The van der Waals surface area contributed by atoms with Gasteiger partial charge in [0.05, 0.1) is 18.9 Å². The van der Waals surface area contributed by atoms with Gasteiger partial charge in [-0.2, -0.15) is 5.10 Å². The summed E-state index contributed by atoms with van der Waals surface area (Å²) < 4.78 is 7.68. The van der Waals surface area contributed by atoms with Crippen molar-refractivity contribution < 1.29 is 4.74 Å². The summed E-state index contributed by atoms with van der Waals surface area (Å²) in [4.78, 5) is 4.29. The maximum atomic E-state index is 5.70. The predicted octanol–water partition coefficient (Wildman–Crippen LogP) is 3.04. The Kier molecular flexibility index (Phi) is 11.0. The van der Waals surface area contributed by atoms with Crippen molar-refractivity contribution in [1.29, 1.82) is 0 Å². The van der Waals surface area contributed by atoms with Gasteiger partial charge in [-0.3, -0.25) is 9.67 Å². The number of ether oxygens (including phenoxy) is 1. The van der Waals surface area contributed by atoms with Crippen molar-refractivity contribution in [3.8, 4) is 0 Å². The van der Waals surface area contributed by atoms with Crippen LogP contribution in [-0.2, 0) is 37.8 Å². The molecule has 150 valence electrons. The van der Waals surface area contributed by atoms with E-state index in [4.69, 9.17) is 4.74 Å². The Labute approximate surface area is 179 Å². The zero-order valence-corrected chi connectivity index (χ0v) is 19.1. The van der Waals surface area contributed by atoms with Crippen LogP contribution in [0.15, 0.2) is 35.3 Å². The molecule has 2 rings (SSSR count). The summed E-state index contributed by atoms with van der Waals surface area (Å²) in [5.74, 6) is 0.779. The molecule has 0 amide bonds. The van der Waals surface area contributed by atoms with Gasteiger partial charge in [0.15, 0.2) is 5.96 Å². The molecule has 0 aliphatic carbocycles. The summed E-state index contributed by atoms with van der Waals surface area (Å²) in [7, 11) is 3.80. The van der Waals surface area contributed by atoms with Gasteiger partial charge in [-0.25, -0.2) is 0 Å². The van der Waals surface area contributed by atoms with Gasteiger partial charge in [-0.05, 0) is 18.4 Å². The monoisotopic (exact) mass is 485 g/mol. The number of benzene rings is 1. The Morgan fingerprint density at radius 1 is 1.15 bits per heavy atom. The standard InChI is InChI=1S/C20H31N5O.HI/c1-5-18-17(19(6-2)25(4)24-18)14-23-20(21-3)22-12-13-26-15-16-10-8-7-9-11-16;/h7-11H,5-6,12-15H2,1-4H3,(H2,21,22,23);1H. The minimum Gasteiger partial charge on any atom is -0.375 e. The molecule has 1 aromatic heterocycles. The van der Waals surface area contributed by atoms with Crippen molar-refractivity contribution in [1.82, 2.24) is 20.4 Å². The second kappa shape index (κ2) is 12.7. The van der Waals surface area contributed by atoms with Crippen molar-refractivity contribution in [3.05, 3.63) is 52.8 Å². The third-order valence-corrected chi connectivity index (χ3v) is 4.33. The fraction of sp³-hybridized carbons (Fsp3) is 0.500. The lowest BCUT2D eigenvalue weighted by molar-refractivity contribution is 0.125. The summed E-state index contributed by atoms with van der Waals surface area (Å²) in [5.41, 5.74) is 4.89. The lowest BCUT2D eigenvalue weighted by atomic mass is 10.1. The molecular weight excluding hydrogens is 453 g/mol. The number of guanidine groups is 1. The molecule has 0 bridgehead atoms. The highest BCUT2D eigenvalue weighted by Gasteiger charge is 2.13. The number of aromatic nitrogens is 2. The molecule has 6 nitrogen and oxygen atoms in total. The SMILES string of the molecule is CCc1nn(C)c(CC)c1CNC(=NC)NCCOCc1ccccc1.I. The molecule has 0 spiro atoms. The number of nitrogens with zero attached hydrogens (tertiary/aromatic N) is 3. The number of nitrogens with one attached hydrogen (secondary N) is 2. The molecule has 0 aliphatic heterocycles. The first-order valence-corrected chi connectivity index (χ1v) is 9.29. The fourth-order valence-corrected chi connectivity index (χ4v) is 2.99. The third kappa shape index (κ3) is 7.14. The molecule has 27 heavy (non-hydrogen) atoms. The van der Waals surface area contributed by atoms with Crippen molar-refractivity contribution in [2.75, 3.05) is 20.2 Å². The van der Waals surface area contributed by atoms with Gasteiger partial charge < -0.3 is 15.4 Å². The smallest absolute Gasteiger partial charge is 0.191 e. The van der Waals surface area contributed by atoms with Crippen molar-refractivity contribution in [2.45, 2.75) is 39.8 Å². The van der Waals surface area contributed by atoms with E-state index in [2.05, 4.69) is 46.7 Å². The summed E-state index contributed by atoms with van der Waals surface area (Å²) in [6, 6.07) is 10.2. The van der Waals surface area contributed by atoms with E-state index < -0.39 is 0 Å². The van der Waals surface area contributed by atoms with Crippen molar-refractivity contribution in [3.63, 3.8) is 0 Å². The molecular formula is C20H32IN5O. The number of aliphatic imine (C=N–C) groups is 1. The molecule has 0 atom stereocenters. The number of hydrogen-bond donors (Lipinski definition) is 2. The topological polar surface area (TPSA) is 63.5 Å². The minimum absolute atomic E-state index is 0. The van der Waals surface area contributed by atoms with E-state index in [1.807, 2.05) is 29.9 Å². The Balaban J connectivity index is 0.00000364. The number of rotatable bonds is 9. The average molecular weight is 485 g/mol. The van der Waals surface area contributed by atoms with E-state index in [-0.39, 0.29) is 24.0 Å². The highest BCUT2D eigenvalue weighted by Crippen LogP contribution is 2.15. The first-order chi connectivity index (χ1) is 12.7. The Morgan fingerprint density at radius 3 is 2.52 bits per heavy atom. The van der Waals surface area contributed by atoms with Crippen LogP contribution in [0, 0.1) is 0 Å². The van der Waals surface area contributed by atoms with E-state index in [0.717, 1.165) is 31.0 Å². The molecule has 2 aromatic rings. The Morgan fingerprint density at radius 2 is 1.89 bits per heavy atom. The fourth-order valence-electron chi connectivity index (χ4n) is 2.99. The van der Waals surface area contributed by atoms with Crippen LogP contribution >= 0.6 is 24.0 Å². The van der Waals surface area contributed by atoms with Crippen LogP contribution in [0.2, 0.25) is 0 Å². The van der Waals surface area contributed by atoms with Gasteiger partial charge in [-0.1, -0.05) is 44.2 Å². The molecule has 0 fully saturated rings. The predicted molar refractivity (Wildman–Crippen MR) is 122 cm³/mol. The van der Waals surface area contributed by atoms with Crippen LogP contribution in [-0.4, -0.2) is 35.9 Å². The lowest BCUT2D eigenvalue weighted by Gasteiger charge is -2.13. The van der Waals surface area contributed by atoms with Crippen LogP contribution in [0.25, 0.3) is 0 Å². The van der Waals surface area contributed by atoms with Crippen molar-refractivity contribution >= 4 is 29.9 Å². The molecule has 0 unspecified atom stereocenters. The quantitative estimate of drug-likeness (QED) is 0.248. The zero-order chi connectivity index (χ0) is 18.8. The van der Waals surface area contributed by atoms with E-state index >= 15 is 0 Å². The molecule has 7 heteroatoms. The van der Waals surface area contributed by atoms with Gasteiger partial charge in [-0.15, -0.1) is 24.0 Å². The van der Waals surface area contributed by atoms with Crippen LogP contribution < -0.4 is 10.6 Å². The molecule has 1 aromatic carbocycles. The Bertz CT molecular complexity index is 700. The molecule has 0 aliphatic rings. The van der Waals surface area contributed by atoms with Crippen LogP contribution in [0.1, 0.15) is 36.4 Å². The van der Waals surface area contributed by atoms with Gasteiger partial charge in [0.25, 0.3) is 0 Å². The first-order valence-electron chi connectivity index (χ1n) is 9.29. The summed E-state index contributed by atoms with van der Waals surface area (Å²) in [6.45, 7) is 7.00. The molecule has 0 radical (unpaired) electrons. The van der Waals surface area contributed by atoms with Gasteiger partial charge in [0.1, 0.15) is 0 Å².